The van der Waals surface area contributed by atoms with Crippen molar-refractivity contribution in [2.45, 2.75) is 19.8 Å². The number of hydrogen-bond donors (Lipinski definition) is 0. The molecule has 0 spiro atoms. The van der Waals surface area contributed by atoms with Gasteiger partial charge in [-0.25, -0.2) is 4.39 Å². The molecule has 1 unspecified atom stereocenters. The van der Waals surface area contributed by atoms with Crippen LogP contribution in [-0.2, 0) is 0 Å². The van der Waals surface area contributed by atoms with E-state index in [0.717, 1.165) is 38.0 Å². The highest BCUT2D eigenvalue weighted by molar-refractivity contribution is 5.48. The van der Waals surface area contributed by atoms with Crippen molar-refractivity contribution in [2.24, 2.45) is 5.41 Å². The van der Waals surface area contributed by atoms with E-state index in [1.54, 1.807) is 12.1 Å². The van der Waals surface area contributed by atoms with Crippen LogP contribution >= 0.6 is 0 Å². The zero-order valence-corrected chi connectivity index (χ0v) is 11.3. The summed E-state index contributed by atoms with van der Waals surface area (Å²) in [5.41, 5.74) is 0.795. The summed E-state index contributed by atoms with van der Waals surface area (Å²) in [6.45, 7) is 4.75. The molecule has 2 nitrogen and oxygen atoms in total. The van der Waals surface area contributed by atoms with Gasteiger partial charge in [0, 0.05) is 13.1 Å². The van der Waals surface area contributed by atoms with Gasteiger partial charge < -0.3 is 0 Å². The summed E-state index contributed by atoms with van der Waals surface area (Å²) < 4.78 is 12.8. The average Bonchev–Trinajstić information content (AvgIpc) is 2.41. The normalized spacial score (nSPS) is 24.5. The molecule has 2 rings (SSSR count). The third-order valence-corrected chi connectivity index (χ3v) is 3.59. The fraction of sp³-hybridized carbons (Fsp3) is 0.438. The molecule has 1 saturated heterocycles. The van der Waals surface area contributed by atoms with E-state index in [-0.39, 0.29) is 11.2 Å². The molecule has 1 aliphatic heterocycles. The smallest absolute Gasteiger partial charge is 0.123 e. The van der Waals surface area contributed by atoms with Gasteiger partial charge in [-0.05, 0) is 44.0 Å². The Bertz CT molecular complexity index is 486. The predicted octanol–water partition coefficient (Wildman–Crippen LogP) is 3.46. The molecule has 3 heteroatoms. The van der Waals surface area contributed by atoms with Crippen molar-refractivity contribution in [3.05, 3.63) is 41.7 Å². The fourth-order valence-electron chi connectivity index (χ4n) is 2.50. The van der Waals surface area contributed by atoms with Crippen molar-refractivity contribution in [2.75, 3.05) is 19.6 Å². The maximum absolute atomic E-state index is 12.8. The summed E-state index contributed by atoms with van der Waals surface area (Å²) in [4.78, 5) is 2.30. The second-order valence-corrected chi connectivity index (χ2v) is 5.47. The van der Waals surface area contributed by atoms with Gasteiger partial charge in [-0.1, -0.05) is 24.3 Å². The van der Waals surface area contributed by atoms with Crippen LogP contribution in [0.2, 0.25) is 0 Å². The molecule has 19 heavy (non-hydrogen) atoms. The Morgan fingerprint density at radius 1 is 1.42 bits per heavy atom. The number of nitrogens with zero attached hydrogens (tertiary/aromatic N) is 2. The molecular formula is C16H19FN2. The number of benzene rings is 1. The largest absolute Gasteiger partial charge is 0.298 e. The molecule has 1 aromatic carbocycles. The van der Waals surface area contributed by atoms with E-state index in [4.69, 9.17) is 5.26 Å². The summed E-state index contributed by atoms with van der Waals surface area (Å²) in [5, 5.41) is 9.17. The van der Waals surface area contributed by atoms with E-state index in [2.05, 4.69) is 17.0 Å². The second-order valence-electron chi connectivity index (χ2n) is 5.47. The van der Waals surface area contributed by atoms with Crippen LogP contribution in [0, 0.1) is 22.6 Å². The lowest BCUT2D eigenvalue weighted by molar-refractivity contribution is 0.157. The molecule has 1 fully saturated rings. The highest BCUT2D eigenvalue weighted by Crippen LogP contribution is 2.28. The number of rotatable bonds is 3. The zero-order valence-electron chi connectivity index (χ0n) is 11.3. The van der Waals surface area contributed by atoms with Crippen molar-refractivity contribution in [1.82, 2.24) is 4.90 Å². The Kier molecular flexibility index (Phi) is 4.34. The first kappa shape index (κ1) is 13.8. The first-order valence-electron chi connectivity index (χ1n) is 6.67. The predicted molar refractivity (Wildman–Crippen MR) is 74.8 cm³/mol. The lowest BCUT2D eigenvalue weighted by atomic mass is 9.83. The minimum atomic E-state index is -0.210. The average molecular weight is 258 g/mol. The van der Waals surface area contributed by atoms with Crippen LogP contribution in [0.1, 0.15) is 25.3 Å². The van der Waals surface area contributed by atoms with Gasteiger partial charge in [0.15, 0.2) is 0 Å². The summed E-state index contributed by atoms with van der Waals surface area (Å²) in [7, 11) is 0. The molecule has 0 radical (unpaired) electrons. The fourth-order valence-corrected chi connectivity index (χ4v) is 2.50. The van der Waals surface area contributed by atoms with Crippen molar-refractivity contribution in [3.8, 4) is 6.07 Å². The van der Waals surface area contributed by atoms with Gasteiger partial charge in [0.2, 0.25) is 0 Å². The Hall–Kier alpha value is -1.66. The number of hydrogen-bond acceptors (Lipinski definition) is 2. The molecular weight excluding hydrogens is 239 g/mol. The summed E-state index contributed by atoms with van der Waals surface area (Å²) >= 11 is 0. The molecule has 1 aromatic rings. The van der Waals surface area contributed by atoms with Crippen molar-refractivity contribution in [3.63, 3.8) is 0 Å². The van der Waals surface area contributed by atoms with Crippen LogP contribution in [0.15, 0.2) is 30.3 Å². The first-order valence-corrected chi connectivity index (χ1v) is 6.67. The third kappa shape index (κ3) is 3.90. The number of halogens is 1. The minimum absolute atomic E-state index is 0.206. The molecule has 0 amide bonds. The van der Waals surface area contributed by atoms with Crippen LogP contribution in [-0.4, -0.2) is 24.5 Å². The van der Waals surface area contributed by atoms with Gasteiger partial charge in [-0.2, -0.15) is 5.26 Å². The molecule has 0 saturated carbocycles. The van der Waals surface area contributed by atoms with E-state index < -0.39 is 0 Å². The maximum Gasteiger partial charge on any atom is 0.123 e. The topological polar surface area (TPSA) is 27.0 Å². The monoisotopic (exact) mass is 258 g/mol. The lowest BCUT2D eigenvalue weighted by Gasteiger charge is -2.35. The van der Waals surface area contributed by atoms with Gasteiger partial charge in [0.25, 0.3) is 0 Å². The zero-order chi connectivity index (χ0) is 13.7. The molecule has 0 N–H and O–H groups in total. The molecule has 1 aliphatic rings. The van der Waals surface area contributed by atoms with Gasteiger partial charge in [0.1, 0.15) is 5.82 Å². The van der Waals surface area contributed by atoms with Crippen LogP contribution in [0.3, 0.4) is 0 Å². The van der Waals surface area contributed by atoms with Crippen LogP contribution in [0.5, 0.6) is 0 Å². The maximum atomic E-state index is 12.8. The standard InChI is InChI=1S/C16H19FN2/c1-16(12-18)9-3-11-19(13-16)10-2-4-14-5-7-15(17)8-6-14/h2,4-8H,3,9-11,13H2,1H3. The van der Waals surface area contributed by atoms with E-state index in [9.17, 15) is 4.39 Å². The van der Waals surface area contributed by atoms with E-state index in [1.807, 2.05) is 13.0 Å². The number of likely N-dealkylation sites (tertiary alicyclic amines) is 1. The summed E-state index contributed by atoms with van der Waals surface area (Å²) in [6, 6.07) is 8.88. The highest BCUT2D eigenvalue weighted by Gasteiger charge is 2.30. The lowest BCUT2D eigenvalue weighted by Crippen LogP contribution is -2.40. The Labute approximate surface area is 114 Å². The van der Waals surface area contributed by atoms with Crippen LogP contribution in [0.25, 0.3) is 6.08 Å². The van der Waals surface area contributed by atoms with E-state index >= 15 is 0 Å². The molecule has 100 valence electrons. The SMILES string of the molecule is CC1(C#N)CCCN(CC=Cc2ccc(F)cc2)C1. The highest BCUT2D eigenvalue weighted by atomic mass is 19.1. The van der Waals surface area contributed by atoms with Crippen molar-refractivity contribution >= 4 is 6.08 Å². The molecule has 1 heterocycles. The van der Waals surface area contributed by atoms with Gasteiger partial charge in [0.05, 0.1) is 11.5 Å². The summed E-state index contributed by atoms with van der Waals surface area (Å²) in [6.07, 6.45) is 6.14. The minimum Gasteiger partial charge on any atom is -0.298 e. The van der Waals surface area contributed by atoms with E-state index in [0.29, 0.717) is 0 Å². The molecule has 1 atom stereocenters. The third-order valence-electron chi connectivity index (χ3n) is 3.59. The molecule has 0 aromatic heterocycles. The van der Waals surface area contributed by atoms with Crippen molar-refractivity contribution < 1.29 is 4.39 Å². The number of piperidine rings is 1. The molecule has 0 aliphatic carbocycles. The Morgan fingerprint density at radius 2 is 2.16 bits per heavy atom. The van der Waals surface area contributed by atoms with Crippen LogP contribution in [0.4, 0.5) is 4.39 Å². The van der Waals surface area contributed by atoms with Crippen molar-refractivity contribution in [1.29, 1.82) is 5.26 Å². The first-order chi connectivity index (χ1) is 9.11. The molecule has 0 bridgehead atoms. The van der Waals surface area contributed by atoms with E-state index in [1.165, 1.54) is 12.1 Å². The summed E-state index contributed by atoms with van der Waals surface area (Å²) in [5.74, 6) is -0.210. The second kappa shape index (κ2) is 5.99. The van der Waals surface area contributed by atoms with Crippen LogP contribution < -0.4 is 0 Å². The Morgan fingerprint density at radius 3 is 2.84 bits per heavy atom. The van der Waals surface area contributed by atoms with Gasteiger partial charge >= 0.3 is 0 Å². The Balaban J connectivity index is 1.88. The quantitative estimate of drug-likeness (QED) is 0.830. The van der Waals surface area contributed by atoms with Gasteiger partial charge in [-0.3, -0.25) is 4.90 Å². The van der Waals surface area contributed by atoms with Gasteiger partial charge in [-0.15, -0.1) is 0 Å². The number of nitriles is 1.